The molecule has 2 rings (SSSR count). The predicted molar refractivity (Wildman–Crippen MR) is 69.2 cm³/mol. The molecule has 90 valence electrons. The van der Waals surface area contributed by atoms with Crippen molar-refractivity contribution < 1.29 is 0 Å². The van der Waals surface area contributed by atoms with Crippen LogP contribution in [0.15, 0.2) is 30.9 Å². The van der Waals surface area contributed by atoms with E-state index in [1.54, 1.807) is 6.20 Å². The molecule has 0 fully saturated rings. The van der Waals surface area contributed by atoms with Gasteiger partial charge in [0.25, 0.3) is 0 Å². The van der Waals surface area contributed by atoms with Gasteiger partial charge in [-0.15, -0.1) is 0 Å². The number of aromatic nitrogens is 3. The standard InChI is InChI=1S/C12H17N5/c1-13-10-7-11(9-14-8-10)15-4-3-12-16-5-6-17(12)2/h5-9,13,15H,3-4H2,1-2H3. The maximum atomic E-state index is 4.28. The molecule has 0 aliphatic carbocycles. The van der Waals surface area contributed by atoms with Crippen molar-refractivity contribution in [2.45, 2.75) is 6.42 Å². The fraction of sp³-hybridized carbons (Fsp3) is 0.333. The minimum Gasteiger partial charge on any atom is -0.387 e. The Balaban J connectivity index is 1.87. The number of hydrogen-bond donors (Lipinski definition) is 2. The summed E-state index contributed by atoms with van der Waals surface area (Å²) >= 11 is 0. The minimum absolute atomic E-state index is 0.847. The number of nitrogens with one attached hydrogen (secondary N) is 2. The second-order valence-corrected chi connectivity index (χ2v) is 3.84. The van der Waals surface area contributed by atoms with Crippen LogP contribution in [-0.4, -0.2) is 28.1 Å². The lowest BCUT2D eigenvalue weighted by Crippen LogP contribution is -2.08. The third-order valence-corrected chi connectivity index (χ3v) is 2.63. The van der Waals surface area contributed by atoms with Crippen LogP contribution in [-0.2, 0) is 13.5 Å². The quantitative estimate of drug-likeness (QED) is 0.819. The summed E-state index contributed by atoms with van der Waals surface area (Å²) in [6, 6.07) is 2.03. The molecule has 5 nitrogen and oxygen atoms in total. The summed E-state index contributed by atoms with van der Waals surface area (Å²) in [4.78, 5) is 8.42. The number of anilines is 2. The molecule has 2 aromatic rings. The van der Waals surface area contributed by atoms with E-state index < -0.39 is 0 Å². The Kier molecular flexibility index (Phi) is 3.59. The molecule has 2 N–H and O–H groups in total. The van der Waals surface area contributed by atoms with E-state index in [2.05, 4.69) is 20.6 Å². The van der Waals surface area contributed by atoms with Gasteiger partial charge < -0.3 is 15.2 Å². The van der Waals surface area contributed by atoms with Crippen LogP contribution >= 0.6 is 0 Å². The summed E-state index contributed by atoms with van der Waals surface area (Å²) < 4.78 is 2.03. The maximum absolute atomic E-state index is 4.28. The molecule has 2 aromatic heterocycles. The second kappa shape index (κ2) is 5.34. The fourth-order valence-electron chi connectivity index (χ4n) is 1.63. The predicted octanol–water partition coefficient (Wildman–Crippen LogP) is 1.51. The number of aryl methyl sites for hydroxylation is 1. The molecule has 0 radical (unpaired) electrons. The van der Waals surface area contributed by atoms with Gasteiger partial charge in [0.1, 0.15) is 5.82 Å². The van der Waals surface area contributed by atoms with Crippen molar-refractivity contribution >= 4 is 11.4 Å². The van der Waals surface area contributed by atoms with E-state index in [9.17, 15) is 0 Å². The molecule has 0 atom stereocenters. The van der Waals surface area contributed by atoms with Gasteiger partial charge in [0.2, 0.25) is 0 Å². The molecule has 0 saturated heterocycles. The van der Waals surface area contributed by atoms with Crippen molar-refractivity contribution in [1.82, 2.24) is 14.5 Å². The summed E-state index contributed by atoms with van der Waals surface area (Å²) in [7, 11) is 3.89. The van der Waals surface area contributed by atoms with Gasteiger partial charge in [-0.05, 0) is 6.07 Å². The Bertz CT molecular complexity index is 477. The molecular weight excluding hydrogens is 214 g/mol. The van der Waals surface area contributed by atoms with Gasteiger partial charge >= 0.3 is 0 Å². The highest BCUT2D eigenvalue weighted by Gasteiger charge is 1.99. The van der Waals surface area contributed by atoms with E-state index in [1.807, 2.05) is 43.3 Å². The van der Waals surface area contributed by atoms with Crippen LogP contribution in [0.5, 0.6) is 0 Å². The summed E-state index contributed by atoms with van der Waals surface area (Å²) in [5, 5.41) is 6.39. The van der Waals surface area contributed by atoms with Crippen molar-refractivity contribution in [2.75, 3.05) is 24.2 Å². The smallest absolute Gasteiger partial charge is 0.110 e. The van der Waals surface area contributed by atoms with Gasteiger partial charge in [-0.3, -0.25) is 4.98 Å². The van der Waals surface area contributed by atoms with Crippen molar-refractivity contribution in [3.8, 4) is 0 Å². The highest BCUT2D eigenvalue weighted by molar-refractivity contribution is 5.53. The van der Waals surface area contributed by atoms with Crippen molar-refractivity contribution in [2.24, 2.45) is 7.05 Å². The third-order valence-electron chi connectivity index (χ3n) is 2.63. The maximum Gasteiger partial charge on any atom is 0.110 e. The van der Waals surface area contributed by atoms with E-state index >= 15 is 0 Å². The molecule has 0 saturated carbocycles. The third kappa shape index (κ3) is 2.96. The molecule has 0 bridgehead atoms. The Hall–Kier alpha value is -2.04. The SMILES string of the molecule is CNc1cncc(NCCc2nccn2C)c1. The number of hydrogen-bond acceptors (Lipinski definition) is 4. The summed E-state index contributed by atoms with van der Waals surface area (Å²) in [6.07, 6.45) is 8.29. The number of nitrogens with zero attached hydrogens (tertiary/aromatic N) is 3. The average Bonchev–Trinajstić information content (AvgIpc) is 2.76. The van der Waals surface area contributed by atoms with Crippen molar-refractivity contribution in [3.63, 3.8) is 0 Å². The van der Waals surface area contributed by atoms with E-state index in [1.165, 1.54) is 0 Å². The lowest BCUT2D eigenvalue weighted by molar-refractivity contribution is 0.789. The van der Waals surface area contributed by atoms with Gasteiger partial charge in [0.05, 0.1) is 23.8 Å². The molecule has 0 aliphatic rings. The van der Waals surface area contributed by atoms with Crippen LogP contribution in [0.1, 0.15) is 5.82 Å². The van der Waals surface area contributed by atoms with Crippen LogP contribution in [0.4, 0.5) is 11.4 Å². The highest BCUT2D eigenvalue weighted by atomic mass is 15.0. The molecular formula is C12H17N5. The first-order valence-corrected chi connectivity index (χ1v) is 5.62. The van der Waals surface area contributed by atoms with Crippen LogP contribution in [0.25, 0.3) is 0 Å². The average molecular weight is 231 g/mol. The summed E-state index contributed by atoms with van der Waals surface area (Å²) in [5.41, 5.74) is 2.03. The largest absolute Gasteiger partial charge is 0.387 e. The van der Waals surface area contributed by atoms with Gasteiger partial charge in [-0.1, -0.05) is 0 Å². The Labute approximate surface area is 101 Å². The molecule has 5 heteroatoms. The molecule has 2 heterocycles. The van der Waals surface area contributed by atoms with E-state index in [4.69, 9.17) is 0 Å². The lowest BCUT2D eigenvalue weighted by atomic mass is 10.3. The van der Waals surface area contributed by atoms with Crippen LogP contribution in [0, 0.1) is 0 Å². The van der Waals surface area contributed by atoms with E-state index in [0.717, 1.165) is 30.2 Å². The van der Waals surface area contributed by atoms with E-state index in [-0.39, 0.29) is 0 Å². The topological polar surface area (TPSA) is 54.8 Å². The van der Waals surface area contributed by atoms with Crippen molar-refractivity contribution in [3.05, 3.63) is 36.7 Å². The van der Waals surface area contributed by atoms with Crippen molar-refractivity contribution in [1.29, 1.82) is 0 Å². The Morgan fingerprint density at radius 2 is 2.12 bits per heavy atom. The normalized spacial score (nSPS) is 10.2. The number of rotatable bonds is 5. The zero-order chi connectivity index (χ0) is 12.1. The molecule has 0 aromatic carbocycles. The first kappa shape index (κ1) is 11.4. The molecule has 0 unspecified atom stereocenters. The highest BCUT2D eigenvalue weighted by Crippen LogP contribution is 2.11. The zero-order valence-electron chi connectivity index (χ0n) is 10.1. The van der Waals surface area contributed by atoms with Crippen LogP contribution in [0.3, 0.4) is 0 Å². The number of pyridine rings is 1. The first-order valence-electron chi connectivity index (χ1n) is 5.62. The van der Waals surface area contributed by atoms with E-state index in [0.29, 0.717) is 0 Å². The lowest BCUT2D eigenvalue weighted by Gasteiger charge is -2.07. The Morgan fingerprint density at radius 3 is 2.82 bits per heavy atom. The van der Waals surface area contributed by atoms with Crippen LogP contribution in [0.2, 0.25) is 0 Å². The van der Waals surface area contributed by atoms with Gasteiger partial charge in [-0.2, -0.15) is 0 Å². The summed E-state index contributed by atoms with van der Waals surface area (Å²) in [5.74, 6) is 1.08. The number of imidazole rings is 1. The molecule has 0 aliphatic heterocycles. The fourth-order valence-corrected chi connectivity index (χ4v) is 1.63. The molecule has 17 heavy (non-hydrogen) atoms. The molecule has 0 amide bonds. The monoisotopic (exact) mass is 231 g/mol. The van der Waals surface area contributed by atoms with Gasteiger partial charge in [0, 0.05) is 39.5 Å². The second-order valence-electron chi connectivity index (χ2n) is 3.84. The Morgan fingerprint density at radius 1 is 1.29 bits per heavy atom. The minimum atomic E-state index is 0.847. The van der Waals surface area contributed by atoms with Crippen LogP contribution < -0.4 is 10.6 Å². The summed E-state index contributed by atoms with van der Waals surface area (Å²) in [6.45, 7) is 0.847. The first-order chi connectivity index (χ1) is 8.29. The van der Waals surface area contributed by atoms with Gasteiger partial charge in [-0.25, -0.2) is 4.98 Å². The zero-order valence-corrected chi connectivity index (χ0v) is 10.1. The molecule has 0 spiro atoms. The van der Waals surface area contributed by atoms with Gasteiger partial charge in [0.15, 0.2) is 0 Å².